The molecule has 1 aromatic rings. The van der Waals surface area contributed by atoms with Gasteiger partial charge < -0.3 is 11.1 Å². The van der Waals surface area contributed by atoms with E-state index in [9.17, 15) is 4.79 Å². The fourth-order valence-electron chi connectivity index (χ4n) is 2.77. The van der Waals surface area contributed by atoms with Crippen molar-refractivity contribution in [1.82, 2.24) is 5.32 Å². The van der Waals surface area contributed by atoms with Gasteiger partial charge in [-0.25, -0.2) is 0 Å². The molecule has 0 bridgehead atoms. The molecule has 1 fully saturated rings. The van der Waals surface area contributed by atoms with Gasteiger partial charge in [-0.15, -0.1) is 23.7 Å². The van der Waals surface area contributed by atoms with Gasteiger partial charge in [-0.3, -0.25) is 4.79 Å². The number of rotatable bonds is 5. The van der Waals surface area contributed by atoms with Crippen LogP contribution in [0, 0.1) is 5.92 Å². The summed E-state index contributed by atoms with van der Waals surface area (Å²) in [6.07, 6.45) is 6.73. The van der Waals surface area contributed by atoms with E-state index in [0.717, 1.165) is 8.66 Å². The van der Waals surface area contributed by atoms with Gasteiger partial charge in [0.25, 0.3) is 0 Å². The molecule has 1 unspecified atom stereocenters. The molecule has 0 radical (unpaired) electrons. The molecule has 6 heteroatoms. The van der Waals surface area contributed by atoms with E-state index in [4.69, 9.17) is 5.73 Å². The Hall–Kier alpha value is -0.100. The van der Waals surface area contributed by atoms with Crippen molar-refractivity contribution in [1.29, 1.82) is 0 Å². The largest absolute Gasteiger partial charge is 0.352 e. The molecule has 1 saturated carbocycles. The van der Waals surface area contributed by atoms with Crippen LogP contribution in [0.15, 0.2) is 15.9 Å². The number of thiophene rings is 1. The monoisotopic (exact) mass is 380 g/mol. The van der Waals surface area contributed by atoms with E-state index in [-0.39, 0.29) is 24.4 Å². The van der Waals surface area contributed by atoms with E-state index >= 15 is 0 Å². The van der Waals surface area contributed by atoms with Gasteiger partial charge in [0.2, 0.25) is 5.91 Å². The van der Waals surface area contributed by atoms with Crippen LogP contribution in [0.25, 0.3) is 0 Å². The summed E-state index contributed by atoms with van der Waals surface area (Å²) in [5.74, 6) is 0.660. The maximum Gasteiger partial charge on any atom is 0.225 e. The summed E-state index contributed by atoms with van der Waals surface area (Å²) in [6.45, 7) is 0.546. The highest BCUT2D eigenvalue weighted by atomic mass is 79.9. The Morgan fingerprint density at radius 2 is 2.10 bits per heavy atom. The second-order valence-electron chi connectivity index (χ2n) is 5.19. The normalized spacial score (nSPS) is 17.3. The van der Waals surface area contributed by atoms with Crippen LogP contribution in [0.4, 0.5) is 0 Å². The van der Waals surface area contributed by atoms with Crippen molar-refractivity contribution >= 4 is 45.6 Å². The first kappa shape index (κ1) is 18.0. The van der Waals surface area contributed by atoms with Crippen LogP contribution in [0.2, 0.25) is 0 Å². The molecular formula is C14H22BrClN2OS. The average molecular weight is 382 g/mol. The van der Waals surface area contributed by atoms with Crippen LogP contribution in [0.5, 0.6) is 0 Å². The van der Waals surface area contributed by atoms with Gasteiger partial charge in [0.15, 0.2) is 0 Å². The van der Waals surface area contributed by atoms with Crippen LogP contribution in [0.3, 0.4) is 0 Å². The molecule has 1 atom stereocenters. The number of hydrogen-bond acceptors (Lipinski definition) is 3. The average Bonchev–Trinajstić information content (AvgIpc) is 2.82. The van der Waals surface area contributed by atoms with E-state index in [0.29, 0.717) is 18.9 Å². The highest BCUT2D eigenvalue weighted by Crippen LogP contribution is 2.26. The van der Waals surface area contributed by atoms with Gasteiger partial charge in [0, 0.05) is 17.5 Å². The first-order chi connectivity index (χ1) is 9.19. The van der Waals surface area contributed by atoms with Crippen LogP contribution in [0.1, 0.15) is 37.0 Å². The van der Waals surface area contributed by atoms with Gasteiger partial charge in [-0.05, 0) is 46.8 Å². The lowest BCUT2D eigenvalue weighted by Crippen LogP contribution is -2.46. The Morgan fingerprint density at radius 1 is 1.40 bits per heavy atom. The Morgan fingerprint density at radius 3 is 2.65 bits per heavy atom. The fourth-order valence-corrected chi connectivity index (χ4v) is 4.25. The minimum absolute atomic E-state index is 0. The Kier molecular flexibility index (Phi) is 8.10. The highest BCUT2D eigenvalue weighted by molar-refractivity contribution is 9.11. The molecule has 3 N–H and O–H groups in total. The van der Waals surface area contributed by atoms with Crippen LogP contribution >= 0.6 is 39.7 Å². The molecule has 0 aliphatic heterocycles. The van der Waals surface area contributed by atoms with E-state index in [1.165, 1.54) is 32.1 Å². The molecule has 20 heavy (non-hydrogen) atoms. The quantitative estimate of drug-likeness (QED) is 0.820. The van der Waals surface area contributed by atoms with Crippen LogP contribution in [-0.4, -0.2) is 18.5 Å². The van der Waals surface area contributed by atoms with Gasteiger partial charge in [-0.1, -0.05) is 19.3 Å². The van der Waals surface area contributed by atoms with Gasteiger partial charge in [0.1, 0.15) is 0 Å². The predicted molar refractivity (Wildman–Crippen MR) is 90.5 cm³/mol. The van der Waals surface area contributed by atoms with Crippen molar-refractivity contribution in [2.45, 2.75) is 44.6 Å². The topological polar surface area (TPSA) is 55.1 Å². The van der Waals surface area contributed by atoms with Crippen LogP contribution in [-0.2, 0) is 11.2 Å². The third kappa shape index (κ3) is 5.35. The molecule has 1 heterocycles. The SMILES string of the molecule is Cl.NCC(NC(=O)Cc1ccc(Br)s1)C1CCCCC1. The Bertz CT molecular complexity index is 421. The number of amides is 1. The molecule has 0 saturated heterocycles. The number of hydrogen-bond donors (Lipinski definition) is 2. The van der Waals surface area contributed by atoms with E-state index < -0.39 is 0 Å². The summed E-state index contributed by atoms with van der Waals surface area (Å²) >= 11 is 5.03. The molecule has 2 rings (SSSR count). The fraction of sp³-hybridized carbons (Fsp3) is 0.643. The van der Waals surface area contributed by atoms with Crippen molar-refractivity contribution in [3.8, 4) is 0 Å². The second kappa shape index (κ2) is 9.03. The molecule has 3 nitrogen and oxygen atoms in total. The number of nitrogens with one attached hydrogen (secondary N) is 1. The van der Waals surface area contributed by atoms with Crippen molar-refractivity contribution < 1.29 is 4.79 Å². The maximum absolute atomic E-state index is 12.1. The number of halogens is 2. The zero-order valence-corrected chi connectivity index (χ0v) is 14.7. The first-order valence-electron chi connectivity index (χ1n) is 6.92. The zero-order valence-electron chi connectivity index (χ0n) is 11.4. The number of carbonyl (C=O) groups excluding carboxylic acids is 1. The van der Waals surface area contributed by atoms with Gasteiger partial charge in [0.05, 0.1) is 10.2 Å². The predicted octanol–water partition coefficient (Wildman–Crippen LogP) is 3.50. The van der Waals surface area contributed by atoms with Crippen LogP contribution < -0.4 is 11.1 Å². The minimum Gasteiger partial charge on any atom is -0.352 e. The van der Waals surface area contributed by atoms with E-state index in [1.807, 2.05) is 12.1 Å². The smallest absolute Gasteiger partial charge is 0.225 e. The van der Waals surface area contributed by atoms with E-state index in [2.05, 4.69) is 21.2 Å². The summed E-state index contributed by atoms with van der Waals surface area (Å²) in [7, 11) is 0. The Balaban J connectivity index is 0.00000200. The van der Waals surface area contributed by atoms with Crippen molar-refractivity contribution in [3.63, 3.8) is 0 Å². The molecule has 0 aromatic carbocycles. The summed E-state index contributed by atoms with van der Waals surface area (Å²) in [6, 6.07) is 4.12. The highest BCUT2D eigenvalue weighted by Gasteiger charge is 2.23. The lowest BCUT2D eigenvalue weighted by Gasteiger charge is -2.30. The summed E-state index contributed by atoms with van der Waals surface area (Å²) in [5.41, 5.74) is 5.83. The molecule has 1 aliphatic carbocycles. The van der Waals surface area contributed by atoms with Crippen molar-refractivity contribution in [3.05, 3.63) is 20.8 Å². The van der Waals surface area contributed by atoms with Gasteiger partial charge >= 0.3 is 0 Å². The van der Waals surface area contributed by atoms with Crippen molar-refractivity contribution in [2.75, 3.05) is 6.54 Å². The third-order valence-corrected chi connectivity index (χ3v) is 5.41. The zero-order chi connectivity index (χ0) is 13.7. The number of carbonyl (C=O) groups is 1. The maximum atomic E-state index is 12.1. The number of nitrogens with two attached hydrogens (primary N) is 1. The summed E-state index contributed by atoms with van der Waals surface area (Å²) in [5, 5.41) is 3.12. The lowest BCUT2D eigenvalue weighted by atomic mass is 9.84. The molecule has 1 amide bonds. The molecule has 0 spiro atoms. The summed E-state index contributed by atoms with van der Waals surface area (Å²) in [4.78, 5) is 13.1. The molecule has 1 aliphatic rings. The summed E-state index contributed by atoms with van der Waals surface area (Å²) < 4.78 is 1.07. The molecule has 114 valence electrons. The van der Waals surface area contributed by atoms with E-state index in [1.54, 1.807) is 11.3 Å². The molecule has 1 aromatic heterocycles. The Labute approximate surface area is 139 Å². The molecular weight excluding hydrogens is 360 g/mol. The standard InChI is InChI=1S/C14H21BrN2OS.ClH/c15-13-7-6-11(19-13)8-14(18)17-12(9-16)10-4-2-1-3-5-10;/h6-7,10,12H,1-5,8-9,16H2,(H,17,18);1H. The second-order valence-corrected chi connectivity index (χ2v) is 7.74. The first-order valence-corrected chi connectivity index (χ1v) is 8.53. The van der Waals surface area contributed by atoms with Gasteiger partial charge in [-0.2, -0.15) is 0 Å². The van der Waals surface area contributed by atoms with Crippen molar-refractivity contribution in [2.24, 2.45) is 11.7 Å². The third-order valence-electron chi connectivity index (χ3n) is 3.78. The minimum atomic E-state index is 0. The lowest BCUT2D eigenvalue weighted by molar-refractivity contribution is -0.121.